The molecule has 0 heterocycles. The first-order valence-electron chi connectivity index (χ1n) is 8.36. The lowest BCUT2D eigenvalue weighted by Gasteiger charge is -2.28. The van der Waals surface area contributed by atoms with Gasteiger partial charge in [-0.2, -0.15) is 0 Å². The van der Waals surface area contributed by atoms with Crippen molar-refractivity contribution in [3.63, 3.8) is 0 Å². The Morgan fingerprint density at radius 3 is 2.55 bits per heavy atom. The maximum absolute atomic E-state index is 9.75. The molecule has 3 aliphatic rings. The lowest BCUT2D eigenvalue weighted by Crippen LogP contribution is -2.31. The number of nitrogens with one attached hydrogen (secondary N) is 1. The molecule has 1 atom stereocenters. The van der Waals surface area contributed by atoms with Crippen LogP contribution in [-0.2, 0) is 6.42 Å². The second kappa shape index (κ2) is 5.07. The molecule has 0 radical (unpaired) electrons. The molecule has 0 aliphatic heterocycles. The van der Waals surface area contributed by atoms with E-state index in [2.05, 4.69) is 11.4 Å². The van der Waals surface area contributed by atoms with Crippen molar-refractivity contribution in [2.24, 2.45) is 17.8 Å². The molecule has 0 bridgehead atoms. The third-order valence-electron chi connectivity index (χ3n) is 5.50. The Labute approximate surface area is 121 Å². The molecular formula is C18H25NO. The van der Waals surface area contributed by atoms with Crippen LogP contribution in [0, 0.1) is 17.8 Å². The Morgan fingerprint density at radius 1 is 1.10 bits per heavy atom. The van der Waals surface area contributed by atoms with E-state index in [9.17, 15) is 5.11 Å². The van der Waals surface area contributed by atoms with E-state index in [1.54, 1.807) is 0 Å². The van der Waals surface area contributed by atoms with Gasteiger partial charge in [-0.3, -0.25) is 0 Å². The predicted molar refractivity (Wildman–Crippen MR) is 80.7 cm³/mol. The fourth-order valence-electron chi connectivity index (χ4n) is 4.04. The van der Waals surface area contributed by atoms with Gasteiger partial charge in [0.25, 0.3) is 0 Å². The fraction of sp³-hybridized carbons (Fsp3) is 0.667. The first kappa shape index (κ1) is 12.7. The van der Waals surface area contributed by atoms with Gasteiger partial charge in [0.1, 0.15) is 5.75 Å². The summed E-state index contributed by atoms with van der Waals surface area (Å²) in [5.74, 6) is 3.38. The highest BCUT2D eigenvalue weighted by atomic mass is 16.3. The van der Waals surface area contributed by atoms with E-state index in [0.717, 1.165) is 17.8 Å². The van der Waals surface area contributed by atoms with E-state index in [1.807, 2.05) is 12.1 Å². The number of rotatable bonds is 5. The van der Waals surface area contributed by atoms with Crippen molar-refractivity contribution in [1.82, 2.24) is 5.32 Å². The molecule has 4 rings (SSSR count). The standard InChI is InChI=1S/C18H25NO/c20-15-9-8-12-2-1-3-18(16(12)10-15)19-11-17(13-4-5-13)14-6-7-14/h8-10,13-14,17-20H,1-7,11H2. The van der Waals surface area contributed by atoms with Crippen LogP contribution in [0.2, 0.25) is 0 Å². The molecule has 0 spiro atoms. The van der Waals surface area contributed by atoms with E-state index in [4.69, 9.17) is 0 Å². The van der Waals surface area contributed by atoms with E-state index >= 15 is 0 Å². The Kier molecular flexibility index (Phi) is 3.22. The molecule has 0 saturated heterocycles. The van der Waals surface area contributed by atoms with Crippen LogP contribution in [0.25, 0.3) is 0 Å². The number of phenolic OH excluding ortho intramolecular Hbond substituents is 1. The summed E-state index contributed by atoms with van der Waals surface area (Å²) >= 11 is 0. The second-order valence-electron chi connectivity index (χ2n) is 7.07. The van der Waals surface area contributed by atoms with Crippen LogP contribution in [0.1, 0.15) is 55.7 Å². The smallest absolute Gasteiger partial charge is 0.115 e. The van der Waals surface area contributed by atoms with Gasteiger partial charge >= 0.3 is 0 Å². The zero-order valence-electron chi connectivity index (χ0n) is 12.1. The lowest BCUT2D eigenvalue weighted by molar-refractivity contribution is 0.341. The van der Waals surface area contributed by atoms with Gasteiger partial charge in [-0.15, -0.1) is 0 Å². The molecular weight excluding hydrogens is 246 g/mol. The number of phenols is 1. The highest BCUT2D eigenvalue weighted by Gasteiger charge is 2.41. The highest BCUT2D eigenvalue weighted by molar-refractivity contribution is 5.38. The third-order valence-corrected chi connectivity index (χ3v) is 5.50. The van der Waals surface area contributed by atoms with Gasteiger partial charge in [0.2, 0.25) is 0 Å². The molecule has 3 aliphatic carbocycles. The first-order valence-corrected chi connectivity index (χ1v) is 8.36. The number of benzene rings is 1. The molecule has 0 amide bonds. The predicted octanol–water partition coefficient (Wildman–Crippen LogP) is 3.80. The average molecular weight is 271 g/mol. The van der Waals surface area contributed by atoms with Gasteiger partial charge in [-0.05, 0) is 92.5 Å². The molecule has 1 aromatic carbocycles. The Hall–Kier alpha value is -1.02. The molecule has 2 heteroatoms. The molecule has 108 valence electrons. The summed E-state index contributed by atoms with van der Waals surface area (Å²) in [6.45, 7) is 1.19. The fourth-order valence-corrected chi connectivity index (χ4v) is 4.04. The highest BCUT2D eigenvalue weighted by Crippen LogP contribution is 2.49. The summed E-state index contributed by atoms with van der Waals surface area (Å²) < 4.78 is 0. The van der Waals surface area contributed by atoms with Crippen LogP contribution >= 0.6 is 0 Å². The van der Waals surface area contributed by atoms with Crippen molar-refractivity contribution in [2.45, 2.75) is 51.0 Å². The second-order valence-corrected chi connectivity index (χ2v) is 7.07. The maximum atomic E-state index is 9.75. The molecule has 2 fully saturated rings. The van der Waals surface area contributed by atoms with Gasteiger partial charge in [0.05, 0.1) is 0 Å². The number of hydrogen-bond acceptors (Lipinski definition) is 2. The first-order chi connectivity index (χ1) is 9.81. The van der Waals surface area contributed by atoms with Crippen molar-refractivity contribution in [3.05, 3.63) is 29.3 Å². The molecule has 1 aromatic rings. The summed E-state index contributed by atoms with van der Waals surface area (Å²) in [7, 11) is 0. The molecule has 0 aromatic heterocycles. The summed E-state index contributed by atoms with van der Waals surface area (Å²) in [6.07, 6.45) is 9.51. The van der Waals surface area contributed by atoms with Gasteiger partial charge in [-0.1, -0.05) is 6.07 Å². The summed E-state index contributed by atoms with van der Waals surface area (Å²) in [5.41, 5.74) is 2.78. The van der Waals surface area contributed by atoms with Gasteiger partial charge in [-0.25, -0.2) is 0 Å². The van der Waals surface area contributed by atoms with Crippen molar-refractivity contribution in [3.8, 4) is 5.75 Å². The number of fused-ring (bicyclic) bond motifs is 1. The van der Waals surface area contributed by atoms with Crippen LogP contribution in [-0.4, -0.2) is 11.7 Å². The largest absolute Gasteiger partial charge is 0.508 e. The van der Waals surface area contributed by atoms with Crippen molar-refractivity contribution >= 4 is 0 Å². The van der Waals surface area contributed by atoms with Gasteiger partial charge in [0.15, 0.2) is 0 Å². The minimum Gasteiger partial charge on any atom is -0.508 e. The summed E-state index contributed by atoms with van der Waals surface area (Å²) in [5, 5.41) is 13.6. The summed E-state index contributed by atoms with van der Waals surface area (Å²) in [4.78, 5) is 0. The maximum Gasteiger partial charge on any atom is 0.115 e. The Morgan fingerprint density at radius 2 is 1.85 bits per heavy atom. The normalized spacial score (nSPS) is 25.8. The minimum atomic E-state index is 0.415. The van der Waals surface area contributed by atoms with Crippen LogP contribution in [0.3, 0.4) is 0 Å². The molecule has 2 nitrogen and oxygen atoms in total. The Bertz CT molecular complexity index is 478. The van der Waals surface area contributed by atoms with E-state index in [-0.39, 0.29) is 0 Å². The van der Waals surface area contributed by atoms with Crippen LogP contribution < -0.4 is 5.32 Å². The van der Waals surface area contributed by atoms with Crippen molar-refractivity contribution in [2.75, 3.05) is 6.54 Å². The van der Waals surface area contributed by atoms with Crippen molar-refractivity contribution < 1.29 is 5.11 Å². The van der Waals surface area contributed by atoms with Crippen molar-refractivity contribution in [1.29, 1.82) is 0 Å². The number of aryl methyl sites for hydroxylation is 1. The molecule has 1 unspecified atom stereocenters. The SMILES string of the molecule is Oc1ccc2c(c1)C(NCC(C1CC1)C1CC1)CCC2. The number of aromatic hydroxyl groups is 1. The van der Waals surface area contributed by atoms with Crippen LogP contribution in [0.5, 0.6) is 5.75 Å². The molecule has 2 N–H and O–H groups in total. The van der Waals surface area contributed by atoms with Crippen LogP contribution in [0.4, 0.5) is 0 Å². The topological polar surface area (TPSA) is 32.3 Å². The monoisotopic (exact) mass is 271 g/mol. The van der Waals surface area contributed by atoms with Gasteiger partial charge in [0, 0.05) is 6.04 Å². The third kappa shape index (κ3) is 2.58. The average Bonchev–Trinajstić information content (AvgIpc) is 3.33. The van der Waals surface area contributed by atoms with Crippen LogP contribution in [0.15, 0.2) is 18.2 Å². The van der Waals surface area contributed by atoms with E-state index in [1.165, 1.54) is 62.6 Å². The van der Waals surface area contributed by atoms with E-state index in [0.29, 0.717) is 11.8 Å². The quantitative estimate of drug-likeness (QED) is 0.854. The lowest BCUT2D eigenvalue weighted by atomic mass is 9.87. The number of hydrogen-bond donors (Lipinski definition) is 2. The molecule has 2 saturated carbocycles. The van der Waals surface area contributed by atoms with Gasteiger partial charge < -0.3 is 10.4 Å². The Balaban J connectivity index is 1.45. The summed E-state index contributed by atoms with van der Waals surface area (Å²) in [6, 6.07) is 6.39. The van der Waals surface area contributed by atoms with E-state index < -0.39 is 0 Å². The zero-order valence-corrected chi connectivity index (χ0v) is 12.1. The zero-order chi connectivity index (χ0) is 13.5. The molecule has 20 heavy (non-hydrogen) atoms. The minimum absolute atomic E-state index is 0.415.